The van der Waals surface area contributed by atoms with Crippen LogP contribution in [-0.2, 0) is 13.5 Å². The van der Waals surface area contributed by atoms with Crippen molar-refractivity contribution in [3.63, 3.8) is 0 Å². The summed E-state index contributed by atoms with van der Waals surface area (Å²) in [5, 5.41) is 6.91. The van der Waals surface area contributed by atoms with Gasteiger partial charge in [-0.05, 0) is 18.1 Å². The van der Waals surface area contributed by atoms with Gasteiger partial charge in [0.15, 0.2) is 0 Å². The van der Waals surface area contributed by atoms with Crippen LogP contribution in [0.4, 0.5) is 0 Å². The van der Waals surface area contributed by atoms with E-state index in [1.165, 1.54) is 0 Å². The van der Waals surface area contributed by atoms with Gasteiger partial charge < -0.3 is 11.1 Å². The van der Waals surface area contributed by atoms with Crippen molar-refractivity contribution in [2.24, 2.45) is 12.8 Å². The number of nitrogens with one attached hydrogen (secondary N) is 1. The molecule has 1 amide bonds. The summed E-state index contributed by atoms with van der Waals surface area (Å²) >= 11 is 0. The van der Waals surface area contributed by atoms with Gasteiger partial charge in [0, 0.05) is 25.8 Å². The van der Waals surface area contributed by atoms with E-state index in [1.807, 2.05) is 30.3 Å². The second-order valence-corrected chi connectivity index (χ2v) is 4.44. The highest BCUT2D eigenvalue weighted by molar-refractivity contribution is 5.92. The van der Waals surface area contributed by atoms with E-state index >= 15 is 0 Å². The lowest BCUT2D eigenvalue weighted by Gasteiger charge is -2.17. The molecule has 5 nitrogen and oxygen atoms in total. The molecular weight excluding hydrogens is 240 g/mol. The van der Waals surface area contributed by atoms with E-state index in [2.05, 4.69) is 10.4 Å². The summed E-state index contributed by atoms with van der Waals surface area (Å²) in [6.45, 7) is 0.401. The molecule has 3 N–H and O–H groups in total. The van der Waals surface area contributed by atoms with E-state index in [0.29, 0.717) is 12.2 Å². The van der Waals surface area contributed by atoms with Gasteiger partial charge in [-0.1, -0.05) is 30.3 Å². The zero-order valence-electron chi connectivity index (χ0n) is 10.9. The van der Waals surface area contributed by atoms with Gasteiger partial charge in [-0.15, -0.1) is 0 Å². The number of carbonyl (C=O) groups excluding carboxylic acids is 1. The van der Waals surface area contributed by atoms with Crippen LogP contribution in [0.15, 0.2) is 42.6 Å². The molecule has 5 heteroatoms. The number of hydrogen-bond donors (Lipinski definition) is 2. The Balaban J connectivity index is 2.00. The summed E-state index contributed by atoms with van der Waals surface area (Å²) in [7, 11) is 1.74. The summed E-state index contributed by atoms with van der Waals surface area (Å²) in [6, 6.07) is 11.6. The standard InChI is InChI=1S/C14H18N4O/c1-18-13(7-8-16-18)14(19)17-12(10-15)9-11-5-3-2-4-6-11/h2-8,12H,9-10,15H2,1H3,(H,17,19). The molecule has 2 aromatic rings. The maximum Gasteiger partial charge on any atom is 0.269 e. The van der Waals surface area contributed by atoms with Crippen LogP contribution >= 0.6 is 0 Å². The Hall–Kier alpha value is -2.14. The second kappa shape index (κ2) is 6.15. The second-order valence-electron chi connectivity index (χ2n) is 4.44. The third-order valence-electron chi connectivity index (χ3n) is 3.00. The first-order chi connectivity index (χ1) is 9.20. The van der Waals surface area contributed by atoms with Gasteiger partial charge in [0.1, 0.15) is 5.69 Å². The number of carbonyl (C=O) groups is 1. The third-order valence-corrected chi connectivity index (χ3v) is 3.00. The zero-order valence-corrected chi connectivity index (χ0v) is 10.9. The predicted molar refractivity (Wildman–Crippen MR) is 73.7 cm³/mol. The van der Waals surface area contributed by atoms with Gasteiger partial charge in [0.05, 0.1) is 0 Å². The van der Waals surface area contributed by atoms with Gasteiger partial charge in [-0.25, -0.2) is 0 Å². The fourth-order valence-corrected chi connectivity index (χ4v) is 1.95. The van der Waals surface area contributed by atoms with Gasteiger partial charge in [0.25, 0.3) is 5.91 Å². The number of aryl methyl sites for hydroxylation is 1. The Morgan fingerprint density at radius 1 is 1.37 bits per heavy atom. The molecule has 1 unspecified atom stereocenters. The highest BCUT2D eigenvalue weighted by atomic mass is 16.2. The molecule has 100 valence electrons. The summed E-state index contributed by atoms with van der Waals surface area (Å²) in [5.74, 6) is -0.147. The van der Waals surface area contributed by atoms with E-state index in [0.717, 1.165) is 12.0 Å². The van der Waals surface area contributed by atoms with Crippen molar-refractivity contribution < 1.29 is 4.79 Å². The van der Waals surface area contributed by atoms with Crippen molar-refractivity contribution in [3.8, 4) is 0 Å². The average molecular weight is 258 g/mol. The van der Waals surface area contributed by atoms with Crippen LogP contribution in [0.5, 0.6) is 0 Å². The van der Waals surface area contributed by atoms with Gasteiger partial charge in [0.2, 0.25) is 0 Å². The van der Waals surface area contributed by atoms with Gasteiger partial charge in [-0.3, -0.25) is 9.48 Å². The number of nitrogens with zero attached hydrogens (tertiary/aromatic N) is 2. The van der Waals surface area contributed by atoms with Crippen molar-refractivity contribution in [1.29, 1.82) is 0 Å². The molecule has 19 heavy (non-hydrogen) atoms. The van der Waals surface area contributed by atoms with E-state index in [1.54, 1.807) is 24.0 Å². The number of amides is 1. The van der Waals surface area contributed by atoms with Crippen LogP contribution in [-0.4, -0.2) is 28.3 Å². The van der Waals surface area contributed by atoms with Crippen LogP contribution in [0.3, 0.4) is 0 Å². The quantitative estimate of drug-likeness (QED) is 0.830. The zero-order chi connectivity index (χ0) is 13.7. The largest absolute Gasteiger partial charge is 0.346 e. The fraction of sp³-hybridized carbons (Fsp3) is 0.286. The minimum absolute atomic E-state index is 0.0789. The van der Waals surface area contributed by atoms with Crippen LogP contribution in [0.1, 0.15) is 16.1 Å². The Morgan fingerprint density at radius 2 is 2.11 bits per heavy atom. The molecular formula is C14H18N4O. The molecule has 0 radical (unpaired) electrons. The Morgan fingerprint density at radius 3 is 2.68 bits per heavy atom. The number of benzene rings is 1. The summed E-state index contributed by atoms with van der Waals surface area (Å²) in [6.07, 6.45) is 2.32. The van der Waals surface area contributed by atoms with Crippen LogP contribution in [0.25, 0.3) is 0 Å². The van der Waals surface area contributed by atoms with E-state index in [4.69, 9.17) is 5.73 Å². The number of aromatic nitrogens is 2. The van der Waals surface area contributed by atoms with Crippen molar-refractivity contribution in [2.45, 2.75) is 12.5 Å². The fourth-order valence-electron chi connectivity index (χ4n) is 1.95. The topological polar surface area (TPSA) is 72.9 Å². The molecule has 0 aliphatic heterocycles. The summed E-state index contributed by atoms with van der Waals surface area (Å²) in [4.78, 5) is 12.1. The lowest BCUT2D eigenvalue weighted by Crippen LogP contribution is -2.42. The normalized spacial score (nSPS) is 12.1. The summed E-state index contributed by atoms with van der Waals surface area (Å²) < 4.78 is 1.55. The molecule has 0 aliphatic rings. The molecule has 0 fully saturated rings. The Kier molecular flexibility index (Phi) is 4.30. The van der Waals surface area contributed by atoms with Crippen molar-refractivity contribution >= 4 is 5.91 Å². The first-order valence-corrected chi connectivity index (χ1v) is 6.23. The maximum absolute atomic E-state index is 12.1. The smallest absolute Gasteiger partial charge is 0.269 e. The first-order valence-electron chi connectivity index (χ1n) is 6.23. The average Bonchev–Trinajstić information content (AvgIpc) is 2.85. The molecule has 0 saturated carbocycles. The van der Waals surface area contributed by atoms with Gasteiger partial charge >= 0.3 is 0 Å². The van der Waals surface area contributed by atoms with Crippen LogP contribution in [0, 0.1) is 0 Å². The van der Waals surface area contributed by atoms with E-state index in [-0.39, 0.29) is 11.9 Å². The molecule has 1 atom stereocenters. The highest BCUT2D eigenvalue weighted by Gasteiger charge is 2.15. The Bertz CT molecular complexity index is 535. The number of nitrogens with two attached hydrogens (primary N) is 1. The van der Waals surface area contributed by atoms with Crippen LogP contribution in [0.2, 0.25) is 0 Å². The Labute approximate surface area is 112 Å². The molecule has 1 aromatic carbocycles. The minimum atomic E-state index is -0.147. The monoisotopic (exact) mass is 258 g/mol. The first kappa shape index (κ1) is 13.3. The lowest BCUT2D eigenvalue weighted by atomic mass is 10.1. The molecule has 1 aromatic heterocycles. The number of rotatable bonds is 5. The summed E-state index contributed by atoms with van der Waals surface area (Å²) in [5.41, 5.74) is 7.41. The van der Waals surface area contributed by atoms with Crippen LogP contribution < -0.4 is 11.1 Å². The maximum atomic E-state index is 12.1. The van der Waals surface area contributed by atoms with Gasteiger partial charge in [-0.2, -0.15) is 5.10 Å². The predicted octanol–water partition coefficient (Wildman–Crippen LogP) is 0.720. The highest BCUT2D eigenvalue weighted by Crippen LogP contribution is 2.04. The molecule has 2 rings (SSSR count). The molecule has 0 aliphatic carbocycles. The van der Waals surface area contributed by atoms with E-state index < -0.39 is 0 Å². The number of hydrogen-bond acceptors (Lipinski definition) is 3. The molecule has 0 spiro atoms. The van der Waals surface area contributed by atoms with Crippen molar-refractivity contribution in [1.82, 2.24) is 15.1 Å². The third kappa shape index (κ3) is 3.42. The van der Waals surface area contributed by atoms with E-state index in [9.17, 15) is 4.79 Å². The van der Waals surface area contributed by atoms with Crippen molar-refractivity contribution in [3.05, 3.63) is 53.9 Å². The molecule has 0 bridgehead atoms. The minimum Gasteiger partial charge on any atom is -0.346 e. The molecule has 0 saturated heterocycles. The SMILES string of the molecule is Cn1nccc1C(=O)NC(CN)Cc1ccccc1. The lowest BCUT2D eigenvalue weighted by molar-refractivity contribution is 0.0928. The van der Waals surface area contributed by atoms with Crippen molar-refractivity contribution in [2.75, 3.05) is 6.54 Å². The molecule has 1 heterocycles.